The van der Waals surface area contributed by atoms with Gasteiger partial charge in [-0.05, 0) is 35.9 Å². The molecule has 0 radical (unpaired) electrons. The second-order valence-corrected chi connectivity index (χ2v) is 6.47. The fourth-order valence-corrected chi connectivity index (χ4v) is 3.77. The lowest BCUT2D eigenvalue weighted by atomic mass is 10.0. The molecule has 130 valence electrons. The normalized spacial score (nSPS) is 11.1. The number of fused-ring (bicyclic) bond motifs is 3. The van der Waals surface area contributed by atoms with Crippen molar-refractivity contribution in [1.82, 2.24) is 9.55 Å². The summed E-state index contributed by atoms with van der Waals surface area (Å²) in [6.45, 7) is 0. The van der Waals surface area contributed by atoms with Crippen LogP contribution in [-0.2, 0) is 0 Å². The molecular formula is C24H18N2O. The van der Waals surface area contributed by atoms with E-state index in [-0.39, 0.29) is 0 Å². The van der Waals surface area contributed by atoms with Gasteiger partial charge in [-0.25, -0.2) is 4.98 Å². The van der Waals surface area contributed by atoms with Gasteiger partial charge in [0.2, 0.25) is 0 Å². The Morgan fingerprint density at radius 1 is 0.778 bits per heavy atom. The zero-order valence-corrected chi connectivity index (χ0v) is 15.0. The van der Waals surface area contributed by atoms with Crippen LogP contribution in [0.2, 0.25) is 0 Å². The van der Waals surface area contributed by atoms with E-state index in [1.54, 1.807) is 7.11 Å². The van der Waals surface area contributed by atoms with E-state index in [0.717, 1.165) is 33.7 Å². The fraction of sp³-hybridized carbons (Fsp3) is 0.0417. The fourth-order valence-electron chi connectivity index (χ4n) is 3.77. The van der Waals surface area contributed by atoms with Gasteiger partial charge in [0.1, 0.15) is 11.6 Å². The van der Waals surface area contributed by atoms with E-state index in [1.807, 2.05) is 36.5 Å². The number of hydrogen-bond acceptors (Lipinski definition) is 2. The second-order valence-electron chi connectivity index (χ2n) is 6.47. The first-order chi connectivity index (χ1) is 13.4. The molecule has 0 amide bonds. The van der Waals surface area contributed by atoms with Gasteiger partial charge in [0.15, 0.2) is 0 Å². The van der Waals surface area contributed by atoms with E-state index >= 15 is 0 Å². The Bertz CT molecular complexity index is 1260. The molecule has 0 aliphatic rings. The van der Waals surface area contributed by atoms with Gasteiger partial charge in [0.25, 0.3) is 0 Å². The van der Waals surface area contributed by atoms with Crippen LogP contribution in [-0.4, -0.2) is 16.7 Å². The van der Waals surface area contributed by atoms with Crippen molar-refractivity contribution in [2.45, 2.75) is 0 Å². The van der Waals surface area contributed by atoms with Gasteiger partial charge in [-0.15, -0.1) is 0 Å². The van der Waals surface area contributed by atoms with Crippen LogP contribution in [0.4, 0.5) is 0 Å². The number of aromatic nitrogens is 2. The second kappa shape index (κ2) is 6.29. The predicted molar refractivity (Wildman–Crippen MR) is 111 cm³/mol. The average Bonchev–Trinajstić information content (AvgIpc) is 3.09. The molecule has 3 heteroatoms. The minimum atomic E-state index is 0.852. The zero-order valence-electron chi connectivity index (χ0n) is 15.0. The van der Waals surface area contributed by atoms with Crippen molar-refractivity contribution in [2.75, 3.05) is 7.11 Å². The number of hydrogen-bond donors (Lipinski definition) is 0. The van der Waals surface area contributed by atoms with E-state index in [1.165, 1.54) is 10.8 Å². The molecule has 0 spiro atoms. The molecule has 0 atom stereocenters. The number of methoxy groups -OCH3 is 1. The number of rotatable bonds is 3. The number of benzene rings is 3. The molecule has 0 fully saturated rings. The Morgan fingerprint density at radius 2 is 1.59 bits per heavy atom. The first-order valence-electron chi connectivity index (χ1n) is 8.95. The van der Waals surface area contributed by atoms with Crippen LogP contribution in [0.25, 0.3) is 38.8 Å². The monoisotopic (exact) mass is 350 g/mol. The lowest BCUT2D eigenvalue weighted by molar-refractivity contribution is 0.415. The largest absolute Gasteiger partial charge is 0.497 e. The van der Waals surface area contributed by atoms with Gasteiger partial charge >= 0.3 is 0 Å². The smallest absolute Gasteiger partial charge is 0.137 e. The minimum Gasteiger partial charge on any atom is -0.497 e. The van der Waals surface area contributed by atoms with Gasteiger partial charge in [-0.1, -0.05) is 54.6 Å². The molecule has 0 N–H and O–H groups in total. The lowest BCUT2D eigenvalue weighted by Crippen LogP contribution is -1.97. The predicted octanol–water partition coefficient (Wildman–Crippen LogP) is 5.85. The molecule has 3 aromatic carbocycles. The number of para-hydroxylation sites is 2. The van der Waals surface area contributed by atoms with Crippen molar-refractivity contribution in [2.24, 2.45) is 0 Å². The summed E-state index contributed by atoms with van der Waals surface area (Å²) in [5, 5.41) is 2.44. The summed E-state index contributed by atoms with van der Waals surface area (Å²) < 4.78 is 7.69. The third-order valence-corrected chi connectivity index (χ3v) is 4.95. The Hall–Kier alpha value is -3.59. The van der Waals surface area contributed by atoms with Gasteiger partial charge in [0.05, 0.1) is 18.1 Å². The summed E-state index contributed by atoms with van der Waals surface area (Å²) >= 11 is 0. The van der Waals surface area contributed by atoms with Crippen molar-refractivity contribution in [3.05, 3.63) is 91.1 Å². The van der Waals surface area contributed by atoms with Crippen molar-refractivity contribution in [3.63, 3.8) is 0 Å². The van der Waals surface area contributed by atoms with Crippen LogP contribution in [0.15, 0.2) is 91.1 Å². The Balaban J connectivity index is 1.94. The highest BCUT2D eigenvalue weighted by Gasteiger charge is 2.16. The van der Waals surface area contributed by atoms with Crippen LogP contribution in [0.1, 0.15) is 0 Å². The van der Waals surface area contributed by atoms with Crippen LogP contribution >= 0.6 is 0 Å². The topological polar surface area (TPSA) is 27.1 Å². The molecule has 0 aliphatic heterocycles. The molecule has 27 heavy (non-hydrogen) atoms. The molecule has 0 unspecified atom stereocenters. The lowest BCUT2D eigenvalue weighted by Gasteiger charge is -2.11. The van der Waals surface area contributed by atoms with E-state index in [9.17, 15) is 0 Å². The molecule has 0 bridgehead atoms. The highest BCUT2D eigenvalue weighted by atomic mass is 16.5. The highest BCUT2D eigenvalue weighted by molar-refractivity contribution is 6.13. The molecule has 2 heterocycles. The number of nitrogens with zero attached hydrogens (tertiary/aromatic N) is 2. The molecule has 0 saturated heterocycles. The van der Waals surface area contributed by atoms with Crippen molar-refractivity contribution >= 4 is 21.8 Å². The summed E-state index contributed by atoms with van der Waals surface area (Å²) in [4.78, 5) is 4.63. The highest BCUT2D eigenvalue weighted by Crippen LogP contribution is 2.38. The molecule has 5 rings (SSSR count). The molecule has 0 saturated carbocycles. The molecular weight excluding hydrogens is 332 g/mol. The Labute approximate surface area is 157 Å². The maximum absolute atomic E-state index is 5.44. The van der Waals surface area contributed by atoms with Crippen LogP contribution in [0.3, 0.4) is 0 Å². The summed E-state index contributed by atoms with van der Waals surface area (Å²) in [5.74, 6) is 1.77. The van der Waals surface area contributed by atoms with Crippen LogP contribution < -0.4 is 4.74 Å². The molecule has 5 aromatic rings. The molecule has 0 aliphatic carbocycles. The standard InChI is InChI=1S/C24H18N2O/c1-27-18-9-6-8-17(16-18)19-11-7-12-21-20-10-2-3-13-22(20)26(24(19)21)23-14-4-5-15-25-23/h2-16H,1H3. The summed E-state index contributed by atoms with van der Waals surface area (Å²) in [7, 11) is 1.70. The maximum atomic E-state index is 5.44. The molecule has 2 aromatic heterocycles. The van der Waals surface area contributed by atoms with E-state index < -0.39 is 0 Å². The van der Waals surface area contributed by atoms with E-state index in [2.05, 4.69) is 64.1 Å². The minimum absolute atomic E-state index is 0.852. The first kappa shape index (κ1) is 15.6. The van der Waals surface area contributed by atoms with Crippen molar-refractivity contribution in [1.29, 1.82) is 0 Å². The van der Waals surface area contributed by atoms with Gasteiger partial charge in [-0.2, -0.15) is 0 Å². The van der Waals surface area contributed by atoms with Crippen molar-refractivity contribution < 1.29 is 4.74 Å². The van der Waals surface area contributed by atoms with Crippen LogP contribution in [0.5, 0.6) is 5.75 Å². The SMILES string of the molecule is COc1cccc(-c2cccc3c4ccccc4n(-c4ccccn4)c23)c1. The Morgan fingerprint density at radius 3 is 2.44 bits per heavy atom. The van der Waals surface area contributed by atoms with Gasteiger partial charge in [-0.3, -0.25) is 4.57 Å². The summed E-state index contributed by atoms with van der Waals surface area (Å²) in [6.07, 6.45) is 1.84. The van der Waals surface area contributed by atoms with Gasteiger partial charge < -0.3 is 4.74 Å². The van der Waals surface area contributed by atoms with E-state index in [4.69, 9.17) is 4.74 Å². The van der Waals surface area contributed by atoms with Crippen molar-refractivity contribution in [3.8, 4) is 22.7 Å². The average molecular weight is 350 g/mol. The Kier molecular flexibility index (Phi) is 3.65. The first-order valence-corrected chi connectivity index (χ1v) is 8.95. The third kappa shape index (κ3) is 2.48. The number of pyridine rings is 1. The zero-order chi connectivity index (χ0) is 18.2. The van der Waals surface area contributed by atoms with E-state index in [0.29, 0.717) is 0 Å². The molecule has 3 nitrogen and oxygen atoms in total. The summed E-state index contributed by atoms with van der Waals surface area (Å²) in [5.41, 5.74) is 4.60. The maximum Gasteiger partial charge on any atom is 0.137 e. The number of ether oxygens (including phenoxy) is 1. The van der Waals surface area contributed by atoms with Crippen LogP contribution in [0, 0.1) is 0 Å². The third-order valence-electron chi connectivity index (χ3n) is 4.95. The van der Waals surface area contributed by atoms with Gasteiger partial charge in [0, 0.05) is 22.5 Å². The summed E-state index contributed by atoms with van der Waals surface area (Å²) in [6, 6.07) is 29.2. The quantitative estimate of drug-likeness (QED) is 0.408.